The highest BCUT2D eigenvalue weighted by molar-refractivity contribution is 4.99. The van der Waals surface area contributed by atoms with Crippen LogP contribution in [0.5, 0.6) is 0 Å². The summed E-state index contributed by atoms with van der Waals surface area (Å²) in [4.78, 5) is 4.22. The van der Waals surface area contributed by atoms with E-state index in [1.165, 1.54) is 32.1 Å². The van der Waals surface area contributed by atoms with E-state index >= 15 is 0 Å². The summed E-state index contributed by atoms with van der Waals surface area (Å²) in [7, 11) is 1.89. The van der Waals surface area contributed by atoms with Crippen LogP contribution >= 0.6 is 0 Å². The van der Waals surface area contributed by atoms with Crippen molar-refractivity contribution in [2.45, 2.75) is 51.1 Å². The molecule has 0 unspecified atom stereocenters. The molecule has 6 nitrogen and oxygen atoms in total. The van der Waals surface area contributed by atoms with Gasteiger partial charge in [0.25, 0.3) is 0 Å². The Labute approximate surface area is 125 Å². The maximum absolute atomic E-state index is 4.70. The Hall–Kier alpha value is -1.69. The molecule has 3 rings (SSSR count). The molecule has 1 aliphatic carbocycles. The first kappa shape index (κ1) is 14.3. The van der Waals surface area contributed by atoms with Crippen LogP contribution in [-0.2, 0) is 20.0 Å². The quantitative estimate of drug-likeness (QED) is 0.824. The summed E-state index contributed by atoms with van der Waals surface area (Å²) in [5.41, 5.74) is 1.12. The van der Waals surface area contributed by atoms with Gasteiger partial charge in [-0.05, 0) is 18.9 Å². The van der Waals surface area contributed by atoms with Crippen molar-refractivity contribution in [2.75, 3.05) is 6.54 Å². The zero-order valence-electron chi connectivity index (χ0n) is 12.7. The van der Waals surface area contributed by atoms with Crippen molar-refractivity contribution < 1.29 is 0 Å². The van der Waals surface area contributed by atoms with Gasteiger partial charge in [0, 0.05) is 32.8 Å². The van der Waals surface area contributed by atoms with E-state index in [0.29, 0.717) is 6.04 Å². The Bertz CT molecular complexity index is 552. The third-order valence-electron chi connectivity index (χ3n) is 4.09. The molecular formula is C15H24N6. The van der Waals surface area contributed by atoms with Crippen molar-refractivity contribution in [3.63, 3.8) is 0 Å². The maximum atomic E-state index is 4.70. The van der Waals surface area contributed by atoms with Crippen molar-refractivity contribution in [3.05, 3.63) is 30.1 Å². The molecule has 2 aromatic heterocycles. The normalized spacial score (nSPS) is 16.4. The summed E-state index contributed by atoms with van der Waals surface area (Å²) >= 11 is 0. The fourth-order valence-electron chi connectivity index (χ4n) is 2.94. The van der Waals surface area contributed by atoms with Crippen LogP contribution in [0.4, 0.5) is 0 Å². The molecule has 0 amide bonds. The van der Waals surface area contributed by atoms with Gasteiger partial charge in [-0.25, -0.2) is 4.98 Å². The van der Waals surface area contributed by atoms with Gasteiger partial charge in [0.05, 0.1) is 11.7 Å². The molecule has 0 aliphatic heterocycles. The molecule has 1 aliphatic rings. The minimum atomic E-state index is 0.616. The molecule has 21 heavy (non-hydrogen) atoms. The van der Waals surface area contributed by atoms with Gasteiger partial charge in [-0.1, -0.05) is 19.3 Å². The SMILES string of the molecule is Cn1cnc(CCNCc2ccn(C3CCCCC3)n2)n1. The number of hydrogen-bond acceptors (Lipinski definition) is 4. The van der Waals surface area contributed by atoms with Crippen LogP contribution in [0.3, 0.4) is 0 Å². The summed E-state index contributed by atoms with van der Waals surface area (Å²) in [6.45, 7) is 1.69. The third kappa shape index (κ3) is 3.91. The van der Waals surface area contributed by atoms with Gasteiger partial charge in [-0.2, -0.15) is 10.2 Å². The predicted molar refractivity (Wildman–Crippen MR) is 80.8 cm³/mol. The van der Waals surface area contributed by atoms with Crippen LogP contribution in [-0.4, -0.2) is 31.1 Å². The molecule has 1 fully saturated rings. The van der Waals surface area contributed by atoms with Crippen molar-refractivity contribution in [3.8, 4) is 0 Å². The van der Waals surface area contributed by atoms with Crippen molar-refractivity contribution >= 4 is 0 Å². The number of hydrogen-bond donors (Lipinski definition) is 1. The molecule has 2 heterocycles. The smallest absolute Gasteiger partial charge is 0.151 e. The van der Waals surface area contributed by atoms with Crippen LogP contribution in [0, 0.1) is 0 Å². The maximum Gasteiger partial charge on any atom is 0.151 e. The molecule has 0 bridgehead atoms. The van der Waals surface area contributed by atoms with E-state index < -0.39 is 0 Å². The summed E-state index contributed by atoms with van der Waals surface area (Å²) < 4.78 is 3.90. The molecule has 2 aromatic rings. The lowest BCUT2D eigenvalue weighted by molar-refractivity contribution is 0.327. The van der Waals surface area contributed by atoms with Crippen LogP contribution < -0.4 is 5.32 Å². The molecule has 1 N–H and O–H groups in total. The first-order valence-electron chi connectivity index (χ1n) is 7.90. The van der Waals surface area contributed by atoms with E-state index in [9.17, 15) is 0 Å². The Morgan fingerprint density at radius 1 is 1.24 bits per heavy atom. The second kappa shape index (κ2) is 6.85. The molecule has 0 saturated heterocycles. The number of aromatic nitrogens is 5. The molecule has 0 radical (unpaired) electrons. The summed E-state index contributed by atoms with van der Waals surface area (Å²) in [5, 5.41) is 12.4. The van der Waals surface area contributed by atoms with Gasteiger partial charge in [0.2, 0.25) is 0 Å². The molecule has 1 saturated carbocycles. The lowest BCUT2D eigenvalue weighted by Crippen LogP contribution is -2.18. The summed E-state index contributed by atoms with van der Waals surface area (Å²) in [6.07, 6.45) is 11.3. The fraction of sp³-hybridized carbons (Fsp3) is 0.667. The Morgan fingerprint density at radius 2 is 2.10 bits per heavy atom. The first-order valence-corrected chi connectivity index (χ1v) is 7.90. The van der Waals surface area contributed by atoms with E-state index in [1.54, 1.807) is 11.0 Å². The third-order valence-corrected chi connectivity index (χ3v) is 4.09. The average Bonchev–Trinajstić information content (AvgIpc) is 3.14. The summed E-state index contributed by atoms with van der Waals surface area (Å²) in [5.74, 6) is 0.887. The minimum absolute atomic E-state index is 0.616. The van der Waals surface area contributed by atoms with Crippen LogP contribution in [0.1, 0.15) is 49.7 Å². The van der Waals surface area contributed by atoms with Gasteiger partial charge in [0.1, 0.15) is 6.33 Å². The molecule has 114 valence electrons. The van der Waals surface area contributed by atoms with E-state index in [4.69, 9.17) is 5.10 Å². The number of nitrogens with zero attached hydrogens (tertiary/aromatic N) is 5. The Morgan fingerprint density at radius 3 is 2.86 bits per heavy atom. The van der Waals surface area contributed by atoms with Crippen LogP contribution in [0.25, 0.3) is 0 Å². The fourth-order valence-corrected chi connectivity index (χ4v) is 2.94. The first-order chi connectivity index (χ1) is 10.3. The predicted octanol–water partition coefficient (Wildman–Crippen LogP) is 1.85. The van der Waals surface area contributed by atoms with E-state index in [2.05, 4.69) is 32.3 Å². The number of rotatable bonds is 6. The van der Waals surface area contributed by atoms with E-state index in [0.717, 1.165) is 31.0 Å². The second-order valence-corrected chi connectivity index (χ2v) is 5.84. The highest BCUT2D eigenvalue weighted by atomic mass is 15.3. The zero-order valence-corrected chi connectivity index (χ0v) is 12.7. The molecule has 0 atom stereocenters. The lowest BCUT2D eigenvalue weighted by Gasteiger charge is -2.21. The number of nitrogens with one attached hydrogen (secondary N) is 1. The molecule has 0 aromatic carbocycles. The van der Waals surface area contributed by atoms with Crippen molar-refractivity contribution in [2.24, 2.45) is 7.05 Å². The highest BCUT2D eigenvalue weighted by Gasteiger charge is 2.15. The minimum Gasteiger partial charge on any atom is -0.311 e. The van der Waals surface area contributed by atoms with Gasteiger partial charge in [0.15, 0.2) is 5.82 Å². The van der Waals surface area contributed by atoms with Gasteiger partial charge in [-0.3, -0.25) is 9.36 Å². The van der Waals surface area contributed by atoms with E-state index in [-0.39, 0.29) is 0 Å². The monoisotopic (exact) mass is 288 g/mol. The number of aryl methyl sites for hydroxylation is 1. The standard InChI is InChI=1S/C15H24N6/c1-20-12-17-15(19-20)7-9-16-11-13-8-10-21(18-13)14-5-3-2-4-6-14/h8,10,12,14,16H,2-7,9,11H2,1H3. The van der Waals surface area contributed by atoms with Gasteiger partial charge < -0.3 is 5.32 Å². The molecule has 0 spiro atoms. The van der Waals surface area contributed by atoms with Crippen molar-refractivity contribution in [1.82, 2.24) is 29.9 Å². The van der Waals surface area contributed by atoms with E-state index in [1.807, 2.05) is 7.05 Å². The average molecular weight is 288 g/mol. The molecular weight excluding hydrogens is 264 g/mol. The zero-order chi connectivity index (χ0) is 14.5. The largest absolute Gasteiger partial charge is 0.311 e. The Kier molecular flexibility index (Phi) is 4.65. The lowest BCUT2D eigenvalue weighted by atomic mass is 9.96. The molecule has 6 heteroatoms. The Balaban J connectivity index is 1.42. The van der Waals surface area contributed by atoms with Crippen LogP contribution in [0.2, 0.25) is 0 Å². The van der Waals surface area contributed by atoms with Gasteiger partial charge >= 0.3 is 0 Å². The summed E-state index contributed by atoms with van der Waals surface area (Å²) in [6, 6.07) is 2.74. The van der Waals surface area contributed by atoms with Crippen molar-refractivity contribution in [1.29, 1.82) is 0 Å². The highest BCUT2D eigenvalue weighted by Crippen LogP contribution is 2.27. The van der Waals surface area contributed by atoms with Crippen LogP contribution in [0.15, 0.2) is 18.6 Å². The van der Waals surface area contributed by atoms with Gasteiger partial charge in [-0.15, -0.1) is 0 Å². The topological polar surface area (TPSA) is 60.6 Å². The second-order valence-electron chi connectivity index (χ2n) is 5.84.